The molecule has 0 unspecified atom stereocenters. The van der Waals surface area contributed by atoms with Gasteiger partial charge in [-0.05, 0) is 84.0 Å². The molecule has 20 heteroatoms. The van der Waals surface area contributed by atoms with Crippen molar-refractivity contribution in [2.45, 2.75) is 229 Å². The van der Waals surface area contributed by atoms with Gasteiger partial charge in [-0.2, -0.15) is 0 Å². The Labute approximate surface area is 386 Å². The van der Waals surface area contributed by atoms with E-state index in [2.05, 4.69) is 40.3 Å². The van der Waals surface area contributed by atoms with Gasteiger partial charge in [0.15, 0.2) is 25.2 Å². The molecule has 4 heterocycles. The second kappa shape index (κ2) is 20.9. The lowest BCUT2D eigenvalue weighted by Crippen LogP contribution is -2.65. The lowest BCUT2D eigenvalue weighted by atomic mass is 9.45. The van der Waals surface area contributed by atoms with Crippen LogP contribution in [0.1, 0.15) is 94.4 Å². The lowest BCUT2D eigenvalue weighted by Gasteiger charge is -2.61. The van der Waals surface area contributed by atoms with Crippen molar-refractivity contribution in [3.8, 4) is 0 Å². The fourth-order valence-electron chi connectivity index (χ4n) is 11.1. The zero-order chi connectivity index (χ0) is 49.0. The topological polar surface area (TPSA) is 302 Å². The lowest BCUT2D eigenvalue weighted by molar-refractivity contribution is -0.364. The minimum Gasteiger partial charge on any atom is -0.463 e. The standard InChI is InChI=1S/C46H76O20/c1-11-44(8,66-43-37(57)33(53)39(23(6)61-43)64-41-34(54)30(50)28(48)21(4)59-41)15-16-45(9)20(3)17-27(46(10)19(2)13-12-14-26(45)46)63-40-36(56)32(52)38(22(5)60-40)65-42-35(55)31(51)29(49)25(62-42)18-58-24(7)47/h11,13,20-23,25-43,48-57H,1,12,14-18H2,2-10H3/t20-,21+,22+,23-,25-,26-,27+,28+,29-,30-,31+,32+,33-,34-,35-,36-,37-,38+,39+,40+,41+,42+,43+,44-,45+,46+/m0/s1. The summed E-state index contributed by atoms with van der Waals surface area (Å²) in [6.45, 7) is 20.0. The first-order chi connectivity index (χ1) is 30.8. The van der Waals surface area contributed by atoms with Crippen LogP contribution in [0.2, 0.25) is 0 Å². The second-order valence-electron chi connectivity index (χ2n) is 20.3. The highest BCUT2D eigenvalue weighted by atomic mass is 16.8. The molecule has 4 aliphatic heterocycles. The molecule has 66 heavy (non-hydrogen) atoms. The van der Waals surface area contributed by atoms with Gasteiger partial charge in [0.05, 0.1) is 30.0 Å². The minimum absolute atomic E-state index is 0.0438. The molecule has 26 atom stereocenters. The van der Waals surface area contributed by atoms with E-state index in [1.54, 1.807) is 19.9 Å². The monoisotopic (exact) mass is 948 g/mol. The highest BCUT2D eigenvalue weighted by Gasteiger charge is 2.60. The SMILES string of the molecule is C=C[C@@](C)(CC[C@]1(C)[C@@H](C)C[C@@H](O[C@H]2O[C@H](C)[C@@H](O[C@H]3O[C@@H](COC(C)=O)[C@H](O)[C@@H](O)[C@@H]3O)[C@H](O)[C@@H]2O)[C@]2(C)C(C)=CCC[C@@H]12)O[C@H]1O[C@@H](C)[C@@H](O[C@H]2O[C@H](C)[C@@H](O)[C@H](O)[C@@H]2O)[C@@H](O)[C@@H]1O. The highest BCUT2D eigenvalue weighted by Crippen LogP contribution is 2.63. The summed E-state index contributed by atoms with van der Waals surface area (Å²) in [5.41, 5.74) is -0.798. The molecule has 10 N–H and O–H groups in total. The van der Waals surface area contributed by atoms with Crippen LogP contribution in [0, 0.1) is 22.7 Å². The largest absolute Gasteiger partial charge is 0.463 e. The van der Waals surface area contributed by atoms with Crippen molar-refractivity contribution < 1.29 is 98.5 Å². The Balaban J connectivity index is 1.11. The molecular weight excluding hydrogens is 872 g/mol. The van der Waals surface area contributed by atoms with E-state index in [4.69, 9.17) is 42.6 Å². The Morgan fingerprint density at radius 1 is 0.727 bits per heavy atom. The van der Waals surface area contributed by atoms with Crippen molar-refractivity contribution in [2.75, 3.05) is 6.61 Å². The molecule has 4 saturated heterocycles. The van der Waals surface area contributed by atoms with Crippen LogP contribution in [-0.4, -0.2) is 198 Å². The third-order valence-electron chi connectivity index (χ3n) is 16.0. The molecule has 20 nitrogen and oxygen atoms in total. The highest BCUT2D eigenvalue weighted by molar-refractivity contribution is 5.65. The maximum Gasteiger partial charge on any atom is 0.302 e. The van der Waals surface area contributed by atoms with Crippen molar-refractivity contribution in [1.82, 2.24) is 0 Å². The number of carbonyl (C=O) groups excluding carboxylic acids is 1. The van der Waals surface area contributed by atoms with E-state index >= 15 is 0 Å². The molecule has 0 aromatic rings. The summed E-state index contributed by atoms with van der Waals surface area (Å²) in [4.78, 5) is 11.4. The van der Waals surface area contributed by atoms with Crippen LogP contribution in [0.25, 0.3) is 0 Å². The molecule has 6 rings (SSSR count). The molecule has 0 bridgehead atoms. The van der Waals surface area contributed by atoms with Crippen molar-refractivity contribution in [3.63, 3.8) is 0 Å². The van der Waals surface area contributed by atoms with E-state index in [0.29, 0.717) is 19.3 Å². The Morgan fingerprint density at radius 3 is 1.80 bits per heavy atom. The summed E-state index contributed by atoms with van der Waals surface area (Å²) in [6.07, 6.45) is -21.2. The summed E-state index contributed by atoms with van der Waals surface area (Å²) in [7, 11) is 0. The summed E-state index contributed by atoms with van der Waals surface area (Å²) >= 11 is 0. The summed E-state index contributed by atoms with van der Waals surface area (Å²) in [5.74, 6) is -0.551. The number of hydrogen-bond donors (Lipinski definition) is 10. The average Bonchev–Trinajstić information content (AvgIpc) is 3.27. The molecular formula is C46H76O20. The summed E-state index contributed by atoms with van der Waals surface area (Å²) < 4.78 is 53.4. The number of esters is 1. The van der Waals surface area contributed by atoms with E-state index in [9.17, 15) is 55.9 Å². The van der Waals surface area contributed by atoms with Crippen molar-refractivity contribution in [1.29, 1.82) is 0 Å². The molecule has 0 aromatic heterocycles. The fourth-order valence-corrected chi connectivity index (χ4v) is 11.1. The first-order valence-corrected chi connectivity index (χ1v) is 23.3. The average molecular weight is 949 g/mol. The van der Waals surface area contributed by atoms with Gasteiger partial charge in [0, 0.05) is 12.3 Å². The fraction of sp³-hybridized carbons (Fsp3) is 0.891. The van der Waals surface area contributed by atoms with Crippen LogP contribution in [0.3, 0.4) is 0 Å². The summed E-state index contributed by atoms with van der Waals surface area (Å²) in [5, 5.41) is 108. The third-order valence-corrected chi connectivity index (χ3v) is 16.0. The molecule has 6 aliphatic rings. The van der Waals surface area contributed by atoms with Crippen LogP contribution >= 0.6 is 0 Å². The van der Waals surface area contributed by atoms with Gasteiger partial charge >= 0.3 is 5.97 Å². The van der Waals surface area contributed by atoms with Crippen molar-refractivity contribution in [3.05, 3.63) is 24.3 Å². The van der Waals surface area contributed by atoms with Gasteiger partial charge in [0.25, 0.3) is 0 Å². The summed E-state index contributed by atoms with van der Waals surface area (Å²) in [6, 6.07) is 0. The molecule has 0 radical (unpaired) electrons. The predicted molar refractivity (Wildman–Crippen MR) is 228 cm³/mol. The molecule has 1 saturated carbocycles. The number of carbonyl (C=O) groups is 1. The van der Waals surface area contributed by atoms with Crippen LogP contribution < -0.4 is 0 Å². The normalized spacial score (nSPS) is 51.0. The Morgan fingerprint density at radius 2 is 1.23 bits per heavy atom. The van der Waals surface area contributed by atoms with Gasteiger partial charge in [-0.1, -0.05) is 38.5 Å². The van der Waals surface area contributed by atoms with Gasteiger partial charge in [-0.3, -0.25) is 4.79 Å². The maximum absolute atomic E-state index is 11.5. The minimum atomic E-state index is -1.75. The first kappa shape index (κ1) is 53.6. The van der Waals surface area contributed by atoms with E-state index in [1.807, 2.05) is 6.92 Å². The van der Waals surface area contributed by atoms with Crippen LogP contribution in [0.15, 0.2) is 24.3 Å². The number of hydrogen-bond acceptors (Lipinski definition) is 20. The van der Waals surface area contributed by atoms with E-state index in [0.717, 1.165) is 25.3 Å². The van der Waals surface area contributed by atoms with E-state index < -0.39 is 153 Å². The number of rotatable bonds is 14. The number of ether oxygens (including phenoxy) is 9. The van der Waals surface area contributed by atoms with Gasteiger partial charge in [0.1, 0.15) is 86.0 Å². The number of aliphatic hydroxyl groups is 10. The predicted octanol–water partition coefficient (Wildman–Crippen LogP) is -0.576. The molecule has 0 aromatic carbocycles. The maximum atomic E-state index is 11.5. The van der Waals surface area contributed by atoms with Crippen molar-refractivity contribution in [2.24, 2.45) is 22.7 Å². The smallest absolute Gasteiger partial charge is 0.302 e. The molecule has 2 aliphatic carbocycles. The van der Waals surface area contributed by atoms with Gasteiger partial charge < -0.3 is 93.7 Å². The quantitative estimate of drug-likeness (QED) is 0.0770. The van der Waals surface area contributed by atoms with Crippen LogP contribution in [0.5, 0.6) is 0 Å². The molecule has 5 fully saturated rings. The Kier molecular flexibility index (Phi) is 17.0. The Hall–Kier alpha value is -1.77. The Bertz CT molecular complexity index is 1690. The molecule has 380 valence electrons. The number of fused-ring (bicyclic) bond motifs is 1. The number of aliphatic hydroxyl groups excluding tert-OH is 10. The second-order valence-corrected chi connectivity index (χ2v) is 20.3. The van der Waals surface area contributed by atoms with Gasteiger partial charge in [0.2, 0.25) is 0 Å². The van der Waals surface area contributed by atoms with Crippen LogP contribution in [0.4, 0.5) is 0 Å². The van der Waals surface area contributed by atoms with E-state index in [-0.39, 0.29) is 17.3 Å². The zero-order valence-corrected chi connectivity index (χ0v) is 39.4. The van der Waals surface area contributed by atoms with Gasteiger partial charge in [-0.25, -0.2) is 0 Å². The first-order valence-electron chi connectivity index (χ1n) is 23.3. The van der Waals surface area contributed by atoms with Crippen molar-refractivity contribution >= 4 is 5.97 Å². The van der Waals surface area contributed by atoms with Gasteiger partial charge in [-0.15, -0.1) is 6.58 Å². The molecule has 0 spiro atoms. The molecule has 0 amide bonds. The third kappa shape index (κ3) is 10.3. The van der Waals surface area contributed by atoms with Crippen LogP contribution in [-0.2, 0) is 47.4 Å². The zero-order valence-electron chi connectivity index (χ0n) is 39.4. The van der Waals surface area contributed by atoms with E-state index in [1.165, 1.54) is 6.92 Å². The number of allylic oxidation sites excluding steroid dienone is 1.